The molecule has 0 spiro atoms. The highest BCUT2D eigenvalue weighted by atomic mass is 16.5. The third-order valence-electron chi connectivity index (χ3n) is 5.70. The molecular weight excluding hydrogens is 426 g/mol. The minimum absolute atomic E-state index is 0.00301. The van der Waals surface area contributed by atoms with Crippen LogP contribution in [0.1, 0.15) is 36.6 Å². The van der Waals surface area contributed by atoms with Crippen molar-refractivity contribution >= 4 is 23.4 Å². The van der Waals surface area contributed by atoms with Crippen LogP contribution < -0.4 is 9.47 Å². The molecule has 0 bridgehead atoms. The molecule has 2 atom stereocenters. The van der Waals surface area contributed by atoms with Crippen LogP contribution in [0, 0.1) is 0 Å². The minimum atomic E-state index is -0.810. The third kappa shape index (κ3) is 4.34. The van der Waals surface area contributed by atoms with Gasteiger partial charge in [0, 0.05) is 32.6 Å². The molecule has 1 fully saturated rings. The van der Waals surface area contributed by atoms with Crippen LogP contribution in [-0.2, 0) is 25.5 Å². The van der Waals surface area contributed by atoms with Gasteiger partial charge in [0.2, 0.25) is 0 Å². The number of esters is 1. The lowest BCUT2D eigenvalue weighted by Gasteiger charge is -2.25. The van der Waals surface area contributed by atoms with Crippen LogP contribution in [0.25, 0.3) is 5.76 Å². The zero-order chi connectivity index (χ0) is 23.7. The van der Waals surface area contributed by atoms with Crippen LogP contribution in [0.3, 0.4) is 0 Å². The predicted molar refractivity (Wildman–Crippen MR) is 119 cm³/mol. The molecule has 0 radical (unpaired) electrons. The van der Waals surface area contributed by atoms with Crippen molar-refractivity contribution in [2.24, 2.45) is 0 Å². The SMILES string of the molecule is COCCN1C(=O)C(=O)/C(=C(\O)c2ccc3c(c2)CC(C)O3)C1c1ccc(OC(C)=O)cc1. The molecule has 1 amide bonds. The Hall–Kier alpha value is -3.65. The largest absolute Gasteiger partial charge is 0.507 e. The van der Waals surface area contributed by atoms with E-state index in [9.17, 15) is 19.5 Å². The molecule has 33 heavy (non-hydrogen) atoms. The molecular formula is C25H25NO7. The second-order valence-corrected chi connectivity index (χ2v) is 8.10. The van der Waals surface area contributed by atoms with Crippen LogP contribution in [0.5, 0.6) is 11.5 Å². The van der Waals surface area contributed by atoms with Crippen molar-refractivity contribution in [3.05, 3.63) is 64.7 Å². The molecule has 172 valence electrons. The highest BCUT2D eigenvalue weighted by molar-refractivity contribution is 6.46. The average Bonchev–Trinajstić information content (AvgIpc) is 3.27. The maximum absolute atomic E-state index is 13.0. The van der Waals surface area contributed by atoms with Gasteiger partial charge in [0.05, 0.1) is 18.2 Å². The predicted octanol–water partition coefficient (Wildman–Crippen LogP) is 3.00. The van der Waals surface area contributed by atoms with Crippen LogP contribution in [0.4, 0.5) is 0 Å². The minimum Gasteiger partial charge on any atom is -0.507 e. The average molecular weight is 451 g/mol. The molecule has 4 rings (SSSR count). The summed E-state index contributed by atoms with van der Waals surface area (Å²) in [5.74, 6) is -1.08. The molecule has 2 unspecified atom stereocenters. The number of hydrogen-bond donors (Lipinski definition) is 1. The fourth-order valence-corrected chi connectivity index (χ4v) is 4.26. The number of methoxy groups -OCH3 is 1. The highest BCUT2D eigenvalue weighted by Crippen LogP contribution is 2.40. The van der Waals surface area contributed by atoms with Gasteiger partial charge in [0.1, 0.15) is 23.4 Å². The number of ketones is 1. The summed E-state index contributed by atoms with van der Waals surface area (Å²) in [7, 11) is 1.51. The van der Waals surface area contributed by atoms with E-state index < -0.39 is 23.7 Å². The van der Waals surface area contributed by atoms with E-state index in [1.165, 1.54) is 18.9 Å². The van der Waals surface area contributed by atoms with Gasteiger partial charge in [-0.1, -0.05) is 12.1 Å². The molecule has 8 heteroatoms. The van der Waals surface area contributed by atoms with Gasteiger partial charge in [0.25, 0.3) is 11.7 Å². The van der Waals surface area contributed by atoms with Crippen LogP contribution in [-0.4, -0.2) is 54.0 Å². The number of amides is 1. The molecule has 2 heterocycles. The first kappa shape index (κ1) is 22.5. The number of aliphatic hydroxyl groups is 1. The number of nitrogens with zero attached hydrogens (tertiary/aromatic N) is 1. The Kier molecular flexibility index (Phi) is 6.20. The molecule has 0 aliphatic carbocycles. The topological polar surface area (TPSA) is 102 Å². The third-order valence-corrected chi connectivity index (χ3v) is 5.70. The summed E-state index contributed by atoms with van der Waals surface area (Å²) in [5, 5.41) is 11.2. The Morgan fingerprint density at radius 3 is 2.58 bits per heavy atom. The van der Waals surface area contributed by atoms with Crippen LogP contribution >= 0.6 is 0 Å². The normalized spacial score (nSPS) is 21.1. The number of hydrogen-bond acceptors (Lipinski definition) is 7. The smallest absolute Gasteiger partial charge is 0.308 e. The second kappa shape index (κ2) is 9.07. The van der Waals surface area contributed by atoms with E-state index >= 15 is 0 Å². The van der Waals surface area contributed by atoms with E-state index in [4.69, 9.17) is 14.2 Å². The van der Waals surface area contributed by atoms with Crippen molar-refractivity contribution in [3.8, 4) is 11.5 Å². The molecule has 0 saturated carbocycles. The molecule has 2 aromatic rings. The van der Waals surface area contributed by atoms with Crippen LogP contribution in [0.2, 0.25) is 0 Å². The summed E-state index contributed by atoms with van der Waals surface area (Å²) in [4.78, 5) is 38.5. The van der Waals surface area contributed by atoms with Gasteiger partial charge in [-0.25, -0.2) is 0 Å². The van der Waals surface area contributed by atoms with E-state index in [-0.39, 0.29) is 30.6 Å². The van der Waals surface area contributed by atoms with Gasteiger partial charge in [-0.15, -0.1) is 0 Å². The molecule has 8 nitrogen and oxygen atoms in total. The highest BCUT2D eigenvalue weighted by Gasteiger charge is 2.46. The monoisotopic (exact) mass is 451 g/mol. The van der Waals surface area contributed by atoms with E-state index in [0.29, 0.717) is 23.3 Å². The number of benzene rings is 2. The summed E-state index contributed by atoms with van der Waals surface area (Å²) >= 11 is 0. The van der Waals surface area contributed by atoms with E-state index in [1.807, 2.05) is 6.92 Å². The first-order valence-corrected chi connectivity index (χ1v) is 10.7. The summed E-state index contributed by atoms with van der Waals surface area (Å²) < 4.78 is 15.9. The van der Waals surface area contributed by atoms with Crippen molar-refractivity contribution in [3.63, 3.8) is 0 Å². The fraction of sp³-hybridized carbons (Fsp3) is 0.320. The number of ether oxygens (including phenoxy) is 3. The van der Waals surface area contributed by atoms with Crippen molar-refractivity contribution in [1.29, 1.82) is 0 Å². The Morgan fingerprint density at radius 2 is 1.91 bits per heavy atom. The van der Waals surface area contributed by atoms with E-state index in [2.05, 4.69) is 0 Å². The standard InChI is InChI=1S/C25H25NO7/c1-14-12-18-13-17(6-9-20(18)32-14)23(28)21-22(26(10-11-31-3)25(30)24(21)29)16-4-7-19(8-5-16)33-15(2)27/h4-9,13-14,22,28H,10-12H2,1-3H3/b23-21-. The van der Waals surface area contributed by atoms with E-state index in [1.54, 1.807) is 42.5 Å². The lowest BCUT2D eigenvalue weighted by Crippen LogP contribution is -2.32. The van der Waals surface area contributed by atoms with E-state index in [0.717, 1.165) is 11.3 Å². The lowest BCUT2D eigenvalue weighted by molar-refractivity contribution is -0.140. The summed E-state index contributed by atoms with van der Waals surface area (Å²) in [6.45, 7) is 3.66. The first-order chi connectivity index (χ1) is 15.8. The molecule has 0 aromatic heterocycles. The Morgan fingerprint density at radius 1 is 1.18 bits per heavy atom. The van der Waals surface area contributed by atoms with Gasteiger partial charge in [-0.05, 0) is 48.4 Å². The Balaban J connectivity index is 1.78. The van der Waals surface area contributed by atoms with Crippen molar-refractivity contribution < 1.29 is 33.7 Å². The maximum Gasteiger partial charge on any atom is 0.308 e. The van der Waals surface area contributed by atoms with Crippen LogP contribution in [0.15, 0.2) is 48.0 Å². The number of likely N-dealkylation sites (tertiary alicyclic amines) is 1. The Bertz CT molecular complexity index is 1140. The van der Waals surface area contributed by atoms with Gasteiger partial charge >= 0.3 is 5.97 Å². The lowest BCUT2D eigenvalue weighted by atomic mass is 9.94. The maximum atomic E-state index is 13.0. The van der Waals surface area contributed by atoms with Crippen molar-refractivity contribution in [2.45, 2.75) is 32.4 Å². The molecule has 1 N–H and O–H groups in total. The molecule has 2 aliphatic heterocycles. The fourth-order valence-electron chi connectivity index (χ4n) is 4.26. The first-order valence-electron chi connectivity index (χ1n) is 10.7. The van der Waals surface area contributed by atoms with Crippen molar-refractivity contribution in [2.75, 3.05) is 20.3 Å². The molecule has 1 saturated heterocycles. The quantitative estimate of drug-likeness (QED) is 0.237. The summed E-state index contributed by atoms with van der Waals surface area (Å²) in [6.07, 6.45) is 0.729. The zero-order valence-electron chi connectivity index (χ0n) is 18.7. The van der Waals surface area contributed by atoms with Gasteiger partial charge in [-0.3, -0.25) is 14.4 Å². The zero-order valence-corrected chi connectivity index (χ0v) is 18.7. The van der Waals surface area contributed by atoms with Gasteiger partial charge in [0.15, 0.2) is 0 Å². The van der Waals surface area contributed by atoms with Gasteiger partial charge in [-0.2, -0.15) is 0 Å². The molecule has 2 aliphatic rings. The number of carbonyl (C=O) groups is 3. The van der Waals surface area contributed by atoms with Gasteiger partial charge < -0.3 is 24.2 Å². The number of rotatable bonds is 6. The number of Topliss-reactive ketones (excluding diaryl/α,β-unsaturated/α-hetero) is 1. The number of aliphatic hydroxyl groups excluding tert-OH is 1. The summed E-state index contributed by atoms with van der Waals surface area (Å²) in [5.41, 5.74) is 1.98. The number of fused-ring (bicyclic) bond motifs is 1. The Labute approximate surface area is 191 Å². The summed E-state index contributed by atoms with van der Waals surface area (Å²) in [6, 6.07) is 10.9. The molecule has 2 aromatic carbocycles. The number of carbonyl (C=O) groups excluding carboxylic acids is 3. The second-order valence-electron chi connectivity index (χ2n) is 8.10. The van der Waals surface area contributed by atoms with Crippen molar-refractivity contribution in [1.82, 2.24) is 4.90 Å².